The minimum Gasteiger partial charge on any atom is -0.207 e. The predicted molar refractivity (Wildman–Crippen MR) is 82.7 cm³/mol. The van der Waals surface area contributed by atoms with Gasteiger partial charge < -0.3 is 0 Å². The first-order chi connectivity index (χ1) is 9.26. The summed E-state index contributed by atoms with van der Waals surface area (Å²) in [7, 11) is 0. The Morgan fingerprint density at radius 2 is 1.84 bits per heavy atom. The molecule has 1 fully saturated rings. The van der Waals surface area contributed by atoms with Crippen LogP contribution in [0.3, 0.4) is 0 Å². The van der Waals surface area contributed by atoms with Gasteiger partial charge in [0.2, 0.25) is 0 Å². The van der Waals surface area contributed by atoms with E-state index in [2.05, 4.69) is 13.5 Å². The molecule has 0 unspecified atom stereocenters. The topological polar surface area (TPSA) is 0 Å². The molecule has 1 aliphatic rings. The molecule has 1 saturated carbocycles. The number of rotatable bonds is 8. The lowest BCUT2D eigenvalue weighted by atomic mass is 9.78. The molecular formula is C18H29F. The Balaban J connectivity index is 2.19. The van der Waals surface area contributed by atoms with Gasteiger partial charge in [0.1, 0.15) is 5.83 Å². The highest BCUT2D eigenvalue weighted by molar-refractivity contribution is 5.15. The molecule has 0 nitrogen and oxygen atoms in total. The second kappa shape index (κ2) is 10.00. The normalized spacial score (nSPS) is 24.8. The zero-order valence-electron chi connectivity index (χ0n) is 12.4. The zero-order chi connectivity index (χ0) is 13.9. The highest BCUT2D eigenvalue weighted by Crippen LogP contribution is 2.34. The van der Waals surface area contributed by atoms with E-state index in [0.29, 0.717) is 5.92 Å². The minimum absolute atomic E-state index is 0.120. The minimum atomic E-state index is -0.120. The van der Waals surface area contributed by atoms with Crippen LogP contribution in [0.1, 0.15) is 64.7 Å². The second-order valence-corrected chi connectivity index (χ2v) is 5.80. The Hall–Kier alpha value is -0.850. The van der Waals surface area contributed by atoms with E-state index in [0.717, 1.165) is 12.3 Å². The molecule has 0 spiro atoms. The molecule has 0 atom stereocenters. The molecule has 0 saturated heterocycles. The molecule has 0 radical (unpaired) electrons. The molecular weight excluding hydrogens is 235 g/mol. The number of halogens is 1. The molecule has 0 aliphatic heterocycles. The maximum absolute atomic E-state index is 13.4. The monoisotopic (exact) mass is 264 g/mol. The molecule has 0 aromatic heterocycles. The number of hydrogen-bond acceptors (Lipinski definition) is 0. The van der Waals surface area contributed by atoms with Crippen molar-refractivity contribution in [2.75, 3.05) is 0 Å². The first kappa shape index (κ1) is 16.2. The van der Waals surface area contributed by atoms with E-state index in [-0.39, 0.29) is 5.83 Å². The highest BCUT2D eigenvalue weighted by atomic mass is 19.1. The summed E-state index contributed by atoms with van der Waals surface area (Å²) in [5, 5.41) is 0. The number of allylic oxidation sites excluding steroid dienone is 5. The van der Waals surface area contributed by atoms with Crippen LogP contribution in [-0.4, -0.2) is 0 Å². The van der Waals surface area contributed by atoms with Crippen LogP contribution in [0, 0.1) is 11.8 Å². The molecule has 0 aromatic rings. The fourth-order valence-electron chi connectivity index (χ4n) is 2.95. The Kier molecular flexibility index (Phi) is 8.53. The zero-order valence-corrected chi connectivity index (χ0v) is 12.4. The van der Waals surface area contributed by atoms with Gasteiger partial charge in [-0.05, 0) is 43.3 Å². The molecule has 108 valence electrons. The third-order valence-corrected chi connectivity index (χ3v) is 4.22. The van der Waals surface area contributed by atoms with Crippen molar-refractivity contribution in [1.29, 1.82) is 0 Å². The molecule has 1 heteroatoms. The van der Waals surface area contributed by atoms with Gasteiger partial charge in [0.15, 0.2) is 0 Å². The van der Waals surface area contributed by atoms with E-state index in [9.17, 15) is 4.39 Å². The molecule has 19 heavy (non-hydrogen) atoms. The fourth-order valence-corrected chi connectivity index (χ4v) is 2.95. The van der Waals surface area contributed by atoms with Gasteiger partial charge in [-0.15, -0.1) is 0 Å². The van der Waals surface area contributed by atoms with Crippen molar-refractivity contribution >= 4 is 0 Å². The molecule has 0 heterocycles. The highest BCUT2D eigenvalue weighted by Gasteiger charge is 2.19. The predicted octanol–water partition coefficient (Wildman–Crippen LogP) is 6.36. The van der Waals surface area contributed by atoms with Gasteiger partial charge in [0, 0.05) is 0 Å². The van der Waals surface area contributed by atoms with E-state index in [1.165, 1.54) is 57.4 Å². The van der Waals surface area contributed by atoms with Gasteiger partial charge in [-0.1, -0.05) is 64.2 Å². The van der Waals surface area contributed by atoms with E-state index in [4.69, 9.17) is 0 Å². The van der Waals surface area contributed by atoms with Gasteiger partial charge in [0.05, 0.1) is 0 Å². The summed E-state index contributed by atoms with van der Waals surface area (Å²) < 4.78 is 13.4. The Morgan fingerprint density at radius 3 is 2.47 bits per heavy atom. The van der Waals surface area contributed by atoms with E-state index in [1.54, 1.807) is 18.2 Å². The van der Waals surface area contributed by atoms with Crippen molar-refractivity contribution in [3.8, 4) is 0 Å². The van der Waals surface area contributed by atoms with Gasteiger partial charge in [0.25, 0.3) is 0 Å². The summed E-state index contributed by atoms with van der Waals surface area (Å²) in [4.78, 5) is 0. The van der Waals surface area contributed by atoms with E-state index >= 15 is 0 Å². The van der Waals surface area contributed by atoms with Crippen molar-refractivity contribution in [2.24, 2.45) is 11.8 Å². The Bertz CT molecular complexity index is 293. The maximum Gasteiger partial charge on any atom is 0.119 e. The lowest BCUT2D eigenvalue weighted by Crippen LogP contribution is -2.14. The summed E-state index contributed by atoms with van der Waals surface area (Å²) in [6.07, 6.45) is 18.2. The molecule has 1 aliphatic carbocycles. The summed E-state index contributed by atoms with van der Waals surface area (Å²) >= 11 is 0. The van der Waals surface area contributed by atoms with Crippen LogP contribution in [0.2, 0.25) is 0 Å². The quantitative estimate of drug-likeness (QED) is 0.353. The number of hydrogen-bond donors (Lipinski definition) is 0. The van der Waals surface area contributed by atoms with Crippen LogP contribution >= 0.6 is 0 Å². The summed E-state index contributed by atoms with van der Waals surface area (Å²) in [5.74, 6) is 1.52. The van der Waals surface area contributed by atoms with Gasteiger partial charge >= 0.3 is 0 Å². The van der Waals surface area contributed by atoms with Crippen LogP contribution in [0.4, 0.5) is 4.39 Å². The van der Waals surface area contributed by atoms with Crippen molar-refractivity contribution in [3.05, 3.63) is 36.7 Å². The first-order valence-corrected chi connectivity index (χ1v) is 7.91. The summed E-state index contributed by atoms with van der Waals surface area (Å²) in [5.41, 5.74) is 0. The fraction of sp³-hybridized carbons (Fsp3) is 0.667. The van der Waals surface area contributed by atoms with Gasteiger partial charge in [-0.25, -0.2) is 4.39 Å². The van der Waals surface area contributed by atoms with Crippen molar-refractivity contribution in [2.45, 2.75) is 64.7 Å². The summed E-state index contributed by atoms with van der Waals surface area (Å²) in [6, 6.07) is 0. The average Bonchev–Trinajstić information content (AvgIpc) is 2.44. The van der Waals surface area contributed by atoms with Crippen LogP contribution in [0.15, 0.2) is 36.7 Å². The van der Waals surface area contributed by atoms with Crippen LogP contribution in [-0.2, 0) is 0 Å². The SMILES string of the molecule is C=C/C=C\C(F)=C/CC1CCC(CCCCC)CC1. The van der Waals surface area contributed by atoms with Crippen LogP contribution < -0.4 is 0 Å². The Labute approximate surface area is 118 Å². The van der Waals surface area contributed by atoms with Crippen molar-refractivity contribution < 1.29 is 4.39 Å². The van der Waals surface area contributed by atoms with Gasteiger partial charge in [-0.2, -0.15) is 0 Å². The maximum atomic E-state index is 13.4. The van der Waals surface area contributed by atoms with Crippen molar-refractivity contribution in [3.63, 3.8) is 0 Å². The van der Waals surface area contributed by atoms with Crippen molar-refractivity contribution in [1.82, 2.24) is 0 Å². The largest absolute Gasteiger partial charge is 0.207 e. The van der Waals surface area contributed by atoms with E-state index < -0.39 is 0 Å². The molecule has 0 N–H and O–H groups in total. The van der Waals surface area contributed by atoms with Gasteiger partial charge in [-0.3, -0.25) is 0 Å². The van der Waals surface area contributed by atoms with Crippen LogP contribution in [0.25, 0.3) is 0 Å². The standard InChI is InChI=1S/C18H29F/c1-3-5-7-8-16-10-12-17(13-11-16)14-15-18(19)9-6-4-2/h4,6,9,15-17H,2-3,5,7-8,10-14H2,1H3/b9-6-,18-15+. The summed E-state index contributed by atoms with van der Waals surface area (Å²) in [6.45, 7) is 5.80. The van der Waals surface area contributed by atoms with E-state index in [1.807, 2.05) is 0 Å². The molecule has 0 bridgehead atoms. The lowest BCUT2D eigenvalue weighted by Gasteiger charge is -2.27. The molecule has 0 aromatic carbocycles. The first-order valence-electron chi connectivity index (χ1n) is 7.91. The third-order valence-electron chi connectivity index (χ3n) is 4.22. The lowest BCUT2D eigenvalue weighted by molar-refractivity contribution is 0.259. The Morgan fingerprint density at radius 1 is 1.16 bits per heavy atom. The number of unbranched alkanes of at least 4 members (excludes halogenated alkanes) is 2. The molecule has 0 amide bonds. The smallest absolute Gasteiger partial charge is 0.119 e. The van der Waals surface area contributed by atoms with Crippen LogP contribution in [0.5, 0.6) is 0 Å². The second-order valence-electron chi connectivity index (χ2n) is 5.80. The third kappa shape index (κ3) is 7.34. The average molecular weight is 264 g/mol. The molecule has 1 rings (SSSR count).